The van der Waals surface area contributed by atoms with Crippen LogP contribution in [0, 0.1) is 17.8 Å². The molecule has 2 aliphatic carbocycles. The number of nitrogens with zero attached hydrogens (tertiary/aromatic N) is 3. The van der Waals surface area contributed by atoms with Gasteiger partial charge in [-0.05, 0) is 88.8 Å². The summed E-state index contributed by atoms with van der Waals surface area (Å²) in [6, 6.07) is 2.55. The summed E-state index contributed by atoms with van der Waals surface area (Å²) in [5, 5.41) is 14.8. The van der Waals surface area contributed by atoms with E-state index in [1.807, 2.05) is 25.1 Å². The first-order chi connectivity index (χ1) is 27.1. The fourth-order valence-electron chi connectivity index (χ4n) is 8.79. The highest BCUT2D eigenvalue weighted by atomic mass is 32.2. The van der Waals surface area contributed by atoms with Gasteiger partial charge < -0.3 is 24.8 Å². The lowest BCUT2D eigenvalue weighted by Gasteiger charge is -2.47. The van der Waals surface area contributed by atoms with Gasteiger partial charge in [-0.2, -0.15) is 0 Å². The number of carboxylic acid groups (broad SMARTS) is 1. The van der Waals surface area contributed by atoms with Crippen molar-refractivity contribution in [2.45, 2.75) is 133 Å². The number of rotatable bonds is 8. The largest absolute Gasteiger partial charge is 0.492 e. The van der Waals surface area contributed by atoms with Crippen LogP contribution in [-0.2, 0) is 30.8 Å². The molecular weight excluding hydrogens is 777 g/mol. The van der Waals surface area contributed by atoms with Crippen molar-refractivity contribution >= 4 is 44.6 Å². The predicted molar refractivity (Wildman–Crippen MR) is 209 cm³/mol. The number of sulfonamides is 1. The molecule has 14 nitrogen and oxygen atoms in total. The molecule has 7 atom stereocenters. The molecule has 1 saturated heterocycles. The van der Waals surface area contributed by atoms with E-state index < -0.39 is 85.6 Å². The highest BCUT2D eigenvalue weighted by Crippen LogP contribution is 2.48. The second-order valence-electron chi connectivity index (χ2n) is 17.9. The summed E-state index contributed by atoms with van der Waals surface area (Å²) in [4.78, 5) is 63.0. The zero-order valence-electron chi connectivity index (χ0n) is 33.7. The third-order valence-corrected chi connectivity index (χ3v) is 15.4. The van der Waals surface area contributed by atoms with Gasteiger partial charge in [-0.15, -0.1) is 0 Å². The van der Waals surface area contributed by atoms with Gasteiger partial charge in [0.2, 0.25) is 27.7 Å². The average Bonchev–Trinajstić information content (AvgIpc) is 3.91. The number of ether oxygens (including phenoxy) is 2. The third kappa shape index (κ3) is 7.36. The van der Waals surface area contributed by atoms with E-state index in [4.69, 9.17) is 9.47 Å². The Kier molecular flexibility index (Phi) is 10.5. The predicted octanol–water partition coefficient (Wildman–Crippen LogP) is 5.19. The Hall–Kier alpha value is -4.54. The molecule has 4 amide bonds. The Bertz CT molecular complexity index is 2160. The van der Waals surface area contributed by atoms with Crippen molar-refractivity contribution < 1.29 is 51.0 Å². The molecule has 0 unspecified atom stereocenters. The summed E-state index contributed by atoms with van der Waals surface area (Å²) in [6.45, 7) is 8.15. The number of benzene rings is 1. The van der Waals surface area contributed by atoms with E-state index in [9.17, 15) is 27.9 Å². The lowest BCUT2D eigenvalue weighted by atomic mass is 9.84. The number of halogens is 2. The fraction of sp³-hybridized carbons (Fsp3) is 0.634. The van der Waals surface area contributed by atoms with Crippen molar-refractivity contribution in [2.75, 3.05) is 13.2 Å². The molecule has 2 aromatic rings. The highest BCUT2D eigenvalue weighted by molar-refractivity contribution is 7.91. The van der Waals surface area contributed by atoms with Gasteiger partial charge in [0.1, 0.15) is 35.0 Å². The number of pyridine rings is 1. The zero-order valence-corrected chi connectivity index (χ0v) is 34.5. The number of nitrogens with one attached hydrogen (secondary N) is 2. The van der Waals surface area contributed by atoms with Crippen LogP contribution in [0.5, 0.6) is 11.6 Å². The first kappa shape index (κ1) is 41.6. The van der Waals surface area contributed by atoms with Crippen LogP contribution >= 0.6 is 0 Å². The van der Waals surface area contributed by atoms with E-state index in [1.165, 1.54) is 0 Å². The van der Waals surface area contributed by atoms with Gasteiger partial charge in [0.25, 0.3) is 11.8 Å². The zero-order chi connectivity index (χ0) is 42.2. The number of carbonyl (C=O) groups excluding carboxylic acids is 3. The van der Waals surface area contributed by atoms with E-state index in [0.29, 0.717) is 61.7 Å². The van der Waals surface area contributed by atoms with Gasteiger partial charge in [0.05, 0.1) is 17.9 Å². The van der Waals surface area contributed by atoms with E-state index >= 15 is 13.6 Å². The average molecular weight is 830 g/mol. The maximum absolute atomic E-state index is 15.4. The smallest absolute Gasteiger partial charge is 0.408 e. The number of hydrogen-bond acceptors (Lipinski definition) is 9. The molecule has 58 heavy (non-hydrogen) atoms. The molecule has 1 aromatic carbocycles. The molecule has 5 aliphatic rings. The van der Waals surface area contributed by atoms with Gasteiger partial charge in [-0.1, -0.05) is 32.1 Å². The molecule has 4 heterocycles. The summed E-state index contributed by atoms with van der Waals surface area (Å²) in [6.07, 6.45) is 5.46. The van der Waals surface area contributed by atoms with Crippen molar-refractivity contribution in [3.8, 4) is 11.6 Å². The van der Waals surface area contributed by atoms with Crippen molar-refractivity contribution in [1.29, 1.82) is 0 Å². The molecule has 0 radical (unpaired) electrons. The first-order valence-corrected chi connectivity index (χ1v) is 21.5. The van der Waals surface area contributed by atoms with Crippen molar-refractivity contribution in [3.63, 3.8) is 0 Å². The molecule has 316 valence electrons. The normalized spacial score (nSPS) is 30.4. The number of hydrogen-bond donors (Lipinski definition) is 3. The molecule has 7 rings (SSSR count). The molecule has 3 fully saturated rings. The SMILES string of the molecule is C[C@H]1CC/C=C\[C@@H]2C[C@@]2(C(=O)NS(=O)(=O)C2(C)CC2)NC(=O)[C@@H]2C[C@@H](Oc3nccc4c5c(ccc34)CCO5)CN2C(=O)[C@@H](N(C(=O)O)C(C)(C)C(C)(F)F)[C@H](C)C1. The molecule has 1 aromatic heterocycles. The number of aromatic nitrogens is 1. The Balaban J connectivity index is 1.29. The first-order valence-electron chi connectivity index (χ1n) is 20.1. The summed E-state index contributed by atoms with van der Waals surface area (Å²) in [7, 11) is -4.08. The van der Waals surface area contributed by atoms with Crippen LogP contribution in [0.3, 0.4) is 0 Å². The van der Waals surface area contributed by atoms with Gasteiger partial charge in [0.15, 0.2) is 0 Å². The number of carbonyl (C=O) groups is 4. The van der Waals surface area contributed by atoms with Crippen LogP contribution in [0.2, 0.25) is 0 Å². The van der Waals surface area contributed by atoms with Crippen LogP contribution in [0.25, 0.3) is 10.8 Å². The number of fused-ring (bicyclic) bond motifs is 5. The summed E-state index contributed by atoms with van der Waals surface area (Å²) in [5.74, 6) is -6.66. The monoisotopic (exact) mass is 829 g/mol. The Labute approximate surface area is 337 Å². The summed E-state index contributed by atoms with van der Waals surface area (Å²) in [5.41, 5.74) is -2.99. The van der Waals surface area contributed by atoms with E-state index in [0.717, 1.165) is 36.1 Å². The molecule has 3 N–H and O–H groups in total. The standard InChI is InChI=1S/C41H53F2N5O9S/c1-23-9-7-8-10-26-21-41(26,36(51)46-58(54,55)39(5)15-16-39)45-33(49)30-20-27(57-34-29-12-11-25-14-18-56-32(25)28(29)13-17-44-34)22-47(30)35(50)31(24(2)19-23)48(37(52)53)38(3,4)40(6,42)43/h8,10-13,17,23-24,26-27,30-31H,7,9,14-16,18-22H2,1-6H3,(H,45,49)(H,46,51)(H,52,53)/b10-8-/t23-,24+,26+,27+,30-,31-,41+/m0/s1. The minimum Gasteiger partial charge on any atom is -0.492 e. The molecule has 0 bridgehead atoms. The number of amides is 4. The molecule has 2 saturated carbocycles. The number of alkyl halides is 2. The molecular formula is C41H53F2N5O9S. The Morgan fingerprint density at radius 3 is 2.52 bits per heavy atom. The van der Waals surface area contributed by atoms with Crippen molar-refractivity contribution in [1.82, 2.24) is 24.8 Å². The van der Waals surface area contributed by atoms with Crippen LogP contribution in [0.1, 0.15) is 92.1 Å². The summed E-state index contributed by atoms with van der Waals surface area (Å²) >= 11 is 0. The van der Waals surface area contributed by atoms with Gasteiger partial charge >= 0.3 is 6.09 Å². The lowest BCUT2D eigenvalue weighted by Crippen LogP contribution is -2.66. The van der Waals surface area contributed by atoms with Crippen LogP contribution in [0.4, 0.5) is 13.6 Å². The molecule has 3 aliphatic heterocycles. The maximum atomic E-state index is 15.4. The topological polar surface area (TPSA) is 185 Å². The third-order valence-electron chi connectivity index (χ3n) is 13.2. The van der Waals surface area contributed by atoms with E-state index in [-0.39, 0.29) is 31.2 Å². The maximum Gasteiger partial charge on any atom is 0.408 e. The minimum atomic E-state index is -4.08. The van der Waals surface area contributed by atoms with Gasteiger partial charge in [0, 0.05) is 42.7 Å². The van der Waals surface area contributed by atoms with Crippen LogP contribution in [0.15, 0.2) is 36.5 Å². The highest BCUT2D eigenvalue weighted by Gasteiger charge is 2.63. The summed E-state index contributed by atoms with van der Waals surface area (Å²) < 4.78 is 70.7. The quantitative estimate of drug-likeness (QED) is 0.300. The van der Waals surface area contributed by atoms with Crippen LogP contribution in [-0.4, -0.2) is 105 Å². The second-order valence-corrected chi connectivity index (χ2v) is 20.1. The molecule has 0 spiro atoms. The van der Waals surface area contributed by atoms with E-state index in [1.54, 1.807) is 32.2 Å². The van der Waals surface area contributed by atoms with Crippen molar-refractivity contribution in [3.05, 3.63) is 42.1 Å². The lowest BCUT2D eigenvalue weighted by molar-refractivity contribution is -0.156. The van der Waals surface area contributed by atoms with Crippen LogP contribution < -0.4 is 19.5 Å². The Morgan fingerprint density at radius 2 is 1.84 bits per heavy atom. The minimum absolute atomic E-state index is 0.0919. The van der Waals surface area contributed by atoms with E-state index in [2.05, 4.69) is 15.0 Å². The van der Waals surface area contributed by atoms with Crippen molar-refractivity contribution in [2.24, 2.45) is 17.8 Å². The van der Waals surface area contributed by atoms with Gasteiger partial charge in [-0.25, -0.2) is 27.0 Å². The van der Waals surface area contributed by atoms with Gasteiger partial charge in [-0.3, -0.25) is 24.0 Å². The molecule has 17 heteroatoms. The fourth-order valence-corrected chi connectivity index (χ4v) is 10.1. The second kappa shape index (κ2) is 14.6. The Morgan fingerprint density at radius 1 is 1.12 bits per heavy atom. The number of allylic oxidation sites excluding steroid dienone is 1.